The molecule has 128 valence electrons. The summed E-state index contributed by atoms with van der Waals surface area (Å²) < 4.78 is 5.22. The van der Waals surface area contributed by atoms with Crippen LogP contribution >= 0.6 is 0 Å². The topological polar surface area (TPSA) is 58.6 Å². The van der Waals surface area contributed by atoms with E-state index in [1.807, 2.05) is 48.5 Å². The Labute approximate surface area is 146 Å². The SMILES string of the molecule is CCOC(=O)[C@]1(C)C=C(Nc2ccccc2)C(=O)N1c1ccccc1. The van der Waals surface area contributed by atoms with Gasteiger partial charge >= 0.3 is 5.97 Å². The molecule has 0 unspecified atom stereocenters. The summed E-state index contributed by atoms with van der Waals surface area (Å²) in [5.74, 6) is -0.734. The average molecular weight is 336 g/mol. The zero-order chi connectivity index (χ0) is 17.9. The number of carbonyl (C=O) groups is 2. The minimum absolute atomic E-state index is 0.251. The van der Waals surface area contributed by atoms with Crippen molar-refractivity contribution in [1.29, 1.82) is 0 Å². The largest absolute Gasteiger partial charge is 0.464 e. The lowest BCUT2D eigenvalue weighted by atomic mass is 10.0. The van der Waals surface area contributed by atoms with Crippen LogP contribution in [0.2, 0.25) is 0 Å². The summed E-state index contributed by atoms with van der Waals surface area (Å²) in [6.07, 6.45) is 1.63. The lowest BCUT2D eigenvalue weighted by molar-refractivity contribution is -0.147. The molecular formula is C20H20N2O3. The van der Waals surface area contributed by atoms with Crippen LogP contribution in [0.1, 0.15) is 13.8 Å². The lowest BCUT2D eigenvalue weighted by Crippen LogP contribution is -2.51. The third-order valence-corrected chi connectivity index (χ3v) is 4.08. The first-order chi connectivity index (χ1) is 12.1. The first-order valence-corrected chi connectivity index (χ1v) is 8.18. The monoisotopic (exact) mass is 336 g/mol. The Morgan fingerprint density at radius 3 is 2.28 bits per heavy atom. The van der Waals surface area contributed by atoms with Gasteiger partial charge < -0.3 is 10.1 Å². The van der Waals surface area contributed by atoms with Crippen molar-refractivity contribution >= 4 is 23.3 Å². The van der Waals surface area contributed by atoms with Crippen LogP contribution in [0.25, 0.3) is 0 Å². The number of rotatable bonds is 5. The van der Waals surface area contributed by atoms with Crippen molar-refractivity contribution in [1.82, 2.24) is 0 Å². The molecule has 1 aliphatic heterocycles. The van der Waals surface area contributed by atoms with Gasteiger partial charge in [0.25, 0.3) is 5.91 Å². The molecule has 1 atom stereocenters. The van der Waals surface area contributed by atoms with E-state index in [2.05, 4.69) is 5.32 Å². The molecule has 1 aliphatic rings. The van der Waals surface area contributed by atoms with E-state index in [9.17, 15) is 9.59 Å². The van der Waals surface area contributed by atoms with Crippen LogP contribution in [-0.4, -0.2) is 24.0 Å². The molecule has 1 amide bonds. The predicted octanol–water partition coefficient (Wildman–Crippen LogP) is 3.35. The summed E-state index contributed by atoms with van der Waals surface area (Å²) in [7, 11) is 0. The number of nitrogens with one attached hydrogen (secondary N) is 1. The average Bonchev–Trinajstić information content (AvgIpc) is 2.88. The van der Waals surface area contributed by atoms with Crippen molar-refractivity contribution in [2.45, 2.75) is 19.4 Å². The molecule has 0 spiro atoms. The van der Waals surface area contributed by atoms with Crippen LogP contribution < -0.4 is 10.2 Å². The van der Waals surface area contributed by atoms with Crippen molar-refractivity contribution < 1.29 is 14.3 Å². The van der Waals surface area contributed by atoms with Crippen molar-refractivity contribution in [2.75, 3.05) is 16.8 Å². The van der Waals surface area contributed by atoms with Gasteiger partial charge in [0.1, 0.15) is 5.70 Å². The molecular weight excluding hydrogens is 316 g/mol. The lowest BCUT2D eigenvalue weighted by Gasteiger charge is -2.32. The van der Waals surface area contributed by atoms with E-state index in [1.54, 1.807) is 32.1 Å². The summed E-state index contributed by atoms with van der Waals surface area (Å²) in [5, 5.41) is 3.10. The van der Waals surface area contributed by atoms with Crippen LogP contribution in [0.3, 0.4) is 0 Å². The Morgan fingerprint density at radius 2 is 1.68 bits per heavy atom. The number of ether oxygens (including phenoxy) is 1. The number of benzene rings is 2. The van der Waals surface area contributed by atoms with Crippen LogP contribution in [0.15, 0.2) is 72.4 Å². The quantitative estimate of drug-likeness (QED) is 0.851. The van der Waals surface area contributed by atoms with Crippen LogP contribution in [-0.2, 0) is 14.3 Å². The number of hydrogen-bond donors (Lipinski definition) is 1. The fraction of sp³-hybridized carbons (Fsp3) is 0.200. The van der Waals surface area contributed by atoms with E-state index in [0.29, 0.717) is 11.4 Å². The van der Waals surface area contributed by atoms with Crippen molar-refractivity contribution in [3.05, 3.63) is 72.4 Å². The molecule has 5 nitrogen and oxygen atoms in total. The maximum atomic E-state index is 13.0. The maximum Gasteiger partial charge on any atom is 0.336 e. The van der Waals surface area contributed by atoms with Gasteiger partial charge in [-0.15, -0.1) is 0 Å². The highest BCUT2D eigenvalue weighted by Gasteiger charge is 2.49. The zero-order valence-corrected chi connectivity index (χ0v) is 14.2. The predicted molar refractivity (Wildman–Crippen MR) is 97.1 cm³/mol. The van der Waals surface area contributed by atoms with Crippen LogP contribution in [0.5, 0.6) is 0 Å². The van der Waals surface area contributed by atoms with Crippen molar-refractivity contribution in [3.8, 4) is 0 Å². The Bertz CT molecular complexity index is 802. The molecule has 2 aromatic carbocycles. The number of hydrogen-bond acceptors (Lipinski definition) is 4. The Morgan fingerprint density at radius 1 is 1.08 bits per heavy atom. The number of esters is 1. The van der Waals surface area contributed by atoms with E-state index < -0.39 is 11.5 Å². The molecule has 0 aromatic heterocycles. The first-order valence-electron chi connectivity index (χ1n) is 8.18. The normalized spacial score (nSPS) is 19.5. The second-order valence-corrected chi connectivity index (χ2v) is 5.89. The standard InChI is InChI=1S/C20H20N2O3/c1-3-25-19(24)20(2)14-17(21-15-10-6-4-7-11-15)18(23)22(20)16-12-8-5-9-13-16/h4-14,21H,3H2,1-2H3/t20-/m0/s1. The number of carbonyl (C=O) groups excluding carboxylic acids is 2. The summed E-state index contributed by atoms with van der Waals surface area (Å²) in [6, 6.07) is 18.5. The van der Waals surface area contributed by atoms with Gasteiger partial charge in [-0.1, -0.05) is 36.4 Å². The molecule has 0 fully saturated rings. The number of para-hydroxylation sites is 2. The summed E-state index contributed by atoms with van der Waals surface area (Å²) in [5.41, 5.74) is 0.573. The van der Waals surface area contributed by atoms with E-state index >= 15 is 0 Å². The van der Waals surface area contributed by atoms with Gasteiger partial charge in [-0.25, -0.2) is 4.79 Å². The molecule has 0 bridgehead atoms. The molecule has 25 heavy (non-hydrogen) atoms. The Balaban J connectivity index is 2.00. The summed E-state index contributed by atoms with van der Waals surface area (Å²) >= 11 is 0. The van der Waals surface area contributed by atoms with Crippen LogP contribution in [0.4, 0.5) is 11.4 Å². The highest BCUT2D eigenvalue weighted by molar-refractivity contribution is 6.16. The molecule has 0 saturated carbocycles. The molecule has 1 heterocycles. The fourth-order valence-corrected chi connectivity index (χ4v) is 2.90. The summed E-state index contributed by atoms with van der Waals surface area (Å²) in [6.45, 7) is 3.69. The molecule has 3 rings (SSSR count). The van der Waals surface area contributed by atoms with Gasteiger partial charge in [0.2, 0.25) is 0 Å². The molecule has 2 aromatic rings. The third-order valence-electron chi connectivity index (χ3n) is 4.08. The molecule has 0 radical (unpaired) electrons. The minimum atomic E-state index is -1.20. The first kappa shape index (κ1) is 16.8. The summed E-state index contributed by atoms with van der Waals surface area (Å²) in [4.78, 5) is 27.1. The molecule has 0 saturated heterocycles. The maximum absolute atomic E-state index is 13.0. The molecule has 0 aliphatic carbocycles. The molecule has 5 heteroatoms. The van der Waals surface area contributed by atoms with Gasteiger partial charge in [0.05, 0.1) is 6.61 Å². The number of amides is 1. The van der Waals surface area contributed by atoms with Gasteiger partial charge in [-0.3, -0.25) is 9.69 Å². The van der Waals surface area contributed by atoms with E-state index in [4.69, 9.17) is 4.74 Å². The van der Waals surface area contributed by atoms with Gasteiger partial charge in [-0.2, -0.15) is 0 Å². The highest BCUT2D eigenvalue weighted by Crippen LogP contribution is 2.35. The second kappa shape index (κ2) is 6.81. The van der Waals surface area contributed by atoms with E-state index in [0.717, 1.165) is 5.69 Å². The zero-order valence-electron chi connectivity index (χ0n) is 14.2. The van der Waals surface area contributed by atoms with Crippen molar-refractivity contribution in [3.63, 3.8) is 0 Å². The minimum Gasteiger partial charge on any atom is -0.464 e. The van der Waals surface area contributed by atoms with Gasteiger partial charge in [0.15, 0.2) is 5.54 Å². The highest BCUT2D eigenvalue weighted by atomic mass is 16.5. The van der Waals surface area contributed by atoms with Crippen LogP contribution in [0, 0.1) is 0 Å². The molecule has 1 N–H and O–H groups in total. The second-order valence-electron chi connectivity index (χ2n) is 5.89. The van der Waals surface area contributed by atoms with E-state index in [1.165, 1.54) is 4.90 Å². The van der Waals surface area contributed by atoms with E-state index in [-0.39, 0.29) is 12.5 Å². The van der Waals surface area contributed by atoms with Crippen molar-refractivity contribution in [2.24, 2.45) is 0 Å². The third kappa shape index (κ3) is 3.13. The Hall–Kier alpha value is -3.08. The smallest absolute Gasteiger partial charge is 0.336 e. The number of anilines is 2. The Kier molecular flexibility index (Phi) is 4.57. The fourth-order valence-electron chi connectivity index (χ4n) is 2.90. The number of nitrogens with zero attached hydrogens (tertiary/aromatic N) is 1. The van der Waals surface area contributed by atoms with Gasteiger partial charge in [-0.05, 0) is 44.2 Å². The van der Waals surface area contributed by atoms with Gasteiger partial charge in [0, 0.05) is 11.4 Å².